The zero-order chi connectivity index (χ0) is 9.72. The van der Waals surface area contributed by atoms with Crippen molar-refractivity contribution in [1.82, 2.24) is 0 Å². The van der Waals surface area contributed by atoms with Gasteiger partial charge in [0.15, 0.2) is 5.78 Å². The Morgan fingerprint density at radius 3 is 2.08 bits per heavy atom. The summed E-state index contributed by atoms with van der Waals surface area (Å²) in [6.45, 7) is 8.71. The molecule has 0 radical (unpaired) electrons. The molecule has 0 aliphatic heterocycles. The van der Waals surface area contributed by atoms with Crippen molar-refractivity contribution in [2.45, 2.75) is 20.8 Å². The molecule has 0 N–H and O–H groups in total. The van der Waals surface area contributed by atoms with Crippen molar-refractivity contribution in [2.75, 3.05) is 0 Å². The van der Waals surface area contributed by atoms with Crippen molar-refractivity contribution in [2.24, 2.45) is 0 Å². The highest BCUT2D eigenvalue weighted by atomic mass is 35.5. The van der Waals surface area contributed by atoms with E-state index >= 15 is 0 Å². The highest BCUT2D eigenvalue weighted by Gasteiger charge is 1.95. The minimum absolute atomic E-state index is 0.0722. The normalized spacial score (nSPS) is 13.0. The molecule has 0 atom stereocenters. The number of allylic oxidation sites excluding steroid dienone is 5. The van der Waals surface area contributed by atoms with E-state index in [4.69, 9.17) is 11.6 Å². The summed E-state index contributed by atoms with van der Waals surface area (Å²) in [5.41, 5.74) is 1.66. The Morgan fingerprint density at radius 2 is 1.75 bits per heavy atom. The van der Waals surface area contributed by atoms with Gasteiger partial charge in [-0.2, -0.15) is 0 Å². The predicted molar refractivity (Wildman–Crippen MR) is 53.2 cm³/mol. The van der Waals surface area contributed by atoms with Gasteiger partial charge in [0.1, 0.15) is 0 Å². The molecule has 0 saturated heterocycles. The van der Waals surface area contributed by atoms with Crippen LogP contribution in [-0.4, -0.2) is 5.78 Å². The SMILES string of the molecule is C=C(Cl)/C=C(C)\C=C(/C)C(C)=O. The molecule has 0 saturated carbocycles. The molecule has 0 spiro atoms. The molecule has 12 heavy (non-hydrogen) atoms. The summed E-state index contributed by atoms with van der Waals surface area (Å²) >= 11 is 5.55. The van der Waals surface area contributed by atoms with Crippen LogP contribution in [0.5, 0.6) is 0 Å². The Morgan fingerprint density at radius 1 is 1.25 bits per heavy atom. The van der Waals surface area contributed by atoms with Crippen molar-refractivity contribution in [3.05, 3.63) is 34.9 Å². The number of carbonyl (C=O) groups excluding carboxylic acids is 1. The average molecular weight is 185 g/mol. The quantitative estimate of drug-likeness (QED) is 0.486. The van der Waals surface area contributed by atoms with Gasteiger partial charge in [0.05, 0.1) is 0 Å². The number of rotatable bonds is 3. The maximum atomic E-state index is 10.8. The van der Waals surface area contributed by atoms with Crippen LogP contribution >= 0.6 is 11.6 Å². The second-order valence-corrected chi connectivity index (χ2v) is 3.20. The first-order valence-corrected chi connectivity index (χ1v) is 4.03. The van der Waals surface area contributed by atoms with Crippen LogP contribution in [0, 0.1) is 0 Å². The highest BCUT2D eigenvalue weighted by molar-refractivity contribution is 6.30. The molecule has 0 heterocycles. The third kappa shape index (κ3) is 4.91. The van der Waals surface area contributed by atoms with Crippen molar-refractivity contribution < 1.29 is 4.79 Å². The minimum atomic E-state index is 0.0722. The van der Waals surface area contributed by atoms with Gasteiger partial charge in [0.25, 0.3) is 0 Å². The van der Waals surface area contributed by atoms with Gasteiger partial charge < -0.3 is 0 Å². The lowest BCUT2D eigenvalue weighted by atomic mass is 10.1. The van der Waals surface area contributed by atoms with Gasteiger partial charge in [-0.25, -0.2) is 0 Å². The van der Waals surface area contributed by atoms with Gasteiger partial charge in [-0.1, -0.05) is 24.3 Å². The summed E-state index contributed by atoms with van der Waals surface area (Å²) in [6, 6.07) is 0. The van der Waals surface area contributed by atoms with E-state index < -0.39 is 0 Å². The highest BCUT2D eigenvalue weighted by Crippen LogP contribution is 2.07. The molecular formula is C10H13ClO. The molecule has 66 valence electrons. The monoisotopic (exact) mass is 184 g/mol. The van der Waals surface area contributed by atoms with E-state index in [0.717, 1.165) is 11.1 Å². The van der Waals surface area contributed by atoms with Crippen molar-refractivity contribution in [3.8, 4) is 0 Å². The van der Waals surface area contributed by atoms with Crippen LogP contribution in [0.2, 0.25) is 0 Å². The first kappa shape index (κ1) is 11.2. The van der Waals surface area contributed by atoms with Crippen LogP contribution in [-0.2, 0) is 4.79 Å². The number of hydrogen-bond donors (Lipinski definition) is 0. The van der Waals surface area contributed by atoms with Crippen molar-refractivity contribution >= 4 is 17.4 Å². The smallest absolute Gasteiger partial charge is 0.155 e. The number of halogens is 1. The average Bonchev–Trinajstić information content (AvgIpc) is 1.84. The van der Waals surface area contributed by atoms with Crippen LogP contribution in [0.15, 0.2) is 34.9 Å². The first-order valence-electron chi connectivity index (χ1n) is 3.65. The lowest BCUT2D eigenvalue weighted by Gasteiger charge is -1.95. The third-order valence-corrected chi connectivity index (χ3v) is 1.49. The Kier molecular flexibility index (Phi) is 4.60. The molecule has 1 nitrogen and oxygen atoms in total. The molecule has 0 unspecified atom stereocenters. The van der Waals surface area contributed by atoms with E-state index in [2.05, 4.69) is 6.58 Å². The summed E-state index contributed by atoms with van der Waals surface area (Å²) < 4.78 is 0. The second-order valence-electron chi connectivity index (χ2n) is 2.72. The van der Waals surface area contributed by atoms with Crippen molar-refractivity contribution in [1.29, 1.82) is 0 Å². The van der Waals surface area contributed by atoms with E-state index in [9.17, 15) is 4.79 Å². The lowest BCUT2D eigenvalue weighted by molar-refractivity contribution is -0.113. The Bertz CT molecular complexity index is 259. The van der Waals surface area contributed by atoms with Crippen LogP contribution in [0.3, 0.4) is 0 Å². The molecule has 0 aromatic carbocycles. The fourth-order valence-corrected chi connectivity index (χ4v) is 0.904. The van der Waals surface area contributed by atoms with Gasteiger partial charge in [0, 0.05) is 5.03 Å². The van der Waals surface area contributed by atoms with Gasteiger partial charge in [0.2, 0.25) is 0 Å². The third-order valence-electron chi connectivity index (χ3n) is 1.38. The molecule has 0 bridgehead atoms. The van der Waals surface area contributed by atoms with E-state index in [-0.39, 0.29) is 5.78 Å². The molecule has 0 aliphatic rings. The van der Waals surface area contributed by atoms with Gasteiger partial charge >= 0.3 is 0 Å². The summed E-state index contributed by atoms with van der Waals surface area (Å²) in [6.07, 6.45) is 3.50. The van der Waals surface area contributed by atoms with Crippen LogP contribution < -0.4 is 0 Å². The van der Waals surface area contributed by atoms with E-state index in [1.807, 2.05) is 6.92 Å². The number of Topliss-reactive ketones (excluding diaryl/α,β-unsaturated/α-hetero) is 1. The molecule has 0 amide bonds. The van der Waals surface area contributed by atoms with E-state index in [0.29, 0.717) is 5.03 Å². The fourth-order valence-electron chi connectivity index (χ4n) is 0.732. The molecule has 0 aromatic rings. The zero-order valence-electron chi connectivity index (χ0n) is 7.65. The van der Waals surface area contributed by atoms with Crippen LogP contribution in [0.1, 0.15) is 20.8 Å². The molecule has 0 aliphatic carbocycles. The molecular weight excluding hydrogens is 172 g/mol. The lowest BCUT2D eigenvalue weighted by Crippen LogP contribution is -1.91. The number of carbonyl (C=O) groups is 1. The summed E-state index contributed by atoms with van der Waals surface area (Å²) in [5.74, 6) is 0.0722. The Labute approximate surface area is 78.4 Å². The van der Waals surface area contributed by atoms with E-state index in [1.165, 1.54) is 6.92 Å². The van der Waals surface area contributed by atoms with Gasteiger partial charge in [-0.15, -0.1) is 0 Å². The summed E-state index contributed by atoms with van der Waals surface area (Å²) in [4.78, 5) is 10.8. The Hall–Kier alpha value is -0.820. The first-order chi connectivity index (χ1) is 5.43. The maximum absolute atomic E-state index is 10.8. The zero-order valence-corrected chi connectivity index (χ0v) is 8.40. The van der Waals surface area contributed by atoms with E-state index in [1.54, 1.807) is 19.1 Å². The largest absolute Gasteiger partial charge is 0.295 e. The predicted octanol–water partition coefficient (Wildman–Crippen LogP) is 3.22. The molecule has 0 fully saturated rings. The maximum Gasteiger partial charge on any atom is 0.155 e. The number of hydrogen-bond acceptors (Lipinski definition) is 1. The van der Waals surface area contributed by atoms with Crippen molar-refractivity contribution in [3.63, 3.8) is 0 Å². The molecule has 2 heteroatoms. The summed E-state index contributed by atoms with van der Waals surface area (Å²) in [7, 11) is 0. The second kappa shape index (κ2) is 4.94. The fraction of sp³-hybridized carbons (Fsp3) is 0.300. The minimum Gasteiger partial charge on any atom is -0.295 e. The van der Waals surface area contributed by atoms with Gasteiger partial charge in [-0.05, 0) is 38.0 Å². The topological polar surface area (TPSA) is 17.1 Å². The van der Waals surface area contributed by atoms with Crippen LogP contribution in [0.25, 0.3) is 0 Å². The standard InChI is InChI=1S/C10H13ClO/c1-7(6-9(3)11)5-8(2)10(4)12/h5-6H,3H2,1-2,4H3/b7-6-,8-5+. The number of ketones is 1. The summed E-state index contributed by atoms with van der Waals surface area (Å²) in [5, 5.41) is 0.472. The van der Waals surface area contributed by atoms with Gasteiger partial charge in [-0.3, -0.25) is 4.79 Å². The molecule has 0 rings (SSSR count). The van der Waals surface area contributed by atoms with Crippen LogP contribution in [0.4, 0.5) is 0 Å². The Balaban J connectivity index is 4.54. The molecule has 0 aromatic heterocycles.